The van der Waals surface area contributed by atoms with E-state index in [1.54, 1.807) is 41.3 Å². The van der Waals surface area contributed by atoms with Gasteiger partial charge in [-0.2, -0.15) is 0 Å². The van der Waals surface area contributed by atoms with Gasteiger partial charge in [-0.3, -0.25) is 9.59 Å². The van der Waals surface area contributed by atoms with Crippen LogP contribution in [0.5, 0.6) is 5.75 Å². The molecule has 5 nitrogen and oxygen atoms in total. The molecule has 3 aromatic rings. The van der Waals surface area contributed by atoms with Crippen LogP contribution in [0.3, 0.4) is 0 Å². The van der Waals surface area contributed by atoms with Gasteiger partial charge in [0.05, 0.1) is 10.6 Å². The molecule has 0 bridgehead atoms. The Hall–Kier alpha value is -3.31. The average Bonchev–Trinajstić information content (AvgIpc) is 2.91. The highest BCUT2D eigenvalue weighted by atomic mass is 35.5. The number of rotatable bonds is 5. The summed E-state index contributed by atoms with van der Waals surface area (Å²) in [6, 6.07) is 22.3. The van der Waals surface area contributed by atoms with E-state index in [0.717, 1.165) is 12.0 Å². The van der Waals surface area contributed by atoms with Crippen LogP contribution in [-0.4, -0.2) is 29.9 Å². The van der Waals surface area contributed by atoms with Gasteiger partial charge in [-0.05, 0) is 42.3 Å². The van der Waals surface area contributed by atoms with Gasteiger partial charge in [0.25, 0.3) is 11.8 Å². The number of amides is 2. The van der Waals surface area contributed by atoms with E-state index in [9.17, 15) is 9.59 Å². The Labute approximate surface area is 180 Å². The Bertz CT molecular complexity index is 1070. The fraction of sp³-hybridized carbons (Fsp3) is 0.167. The van der Waals surface area contributed by atoms with Crippen LogP contribution in [0.4, 0.5) is 5.69 Å². The first-order valence-electron chi connectivity index (χ1n) is 9.73. The topological polar surface area (TPSA) is 58.6 Å². The summed E-state index contributed by atoms with van der Waals surface area (Å²) in [7, 11) is 0. The molecule has 0 aliphatic carbocycles. The molecule has 1 heterocycles. The van der Waals surface area contributed by atoms with Crippen LogP contribution in [0.15, 0.2) is 72.8 Å². The zero-order valence-electron chi connectivity index (χ0n) is 16.3. The Kier molecular flexibility index (Phi) is 6.00. The second kappa shape index (κ2) is 9.01. The largest absolute Gasteiger partial charge is 0.483 e. The molecule has 0 radical (unpaired) electrons. The molecule has 1 N–H and O–H groups in total. The molecule has 0 spiro atoms. The summed E-state index contributed by atoms with van der Waals surface area (Å²) < 4.78 is 5.68. The zero-order chi connectivity index (χ0) is 20.9. The second-order valence-electron chi connectivity index (χ2n) is 7.10. The van der Waals surface area contributed by atoms with Gasteiger partial charge in [0, 0.05) is 24.3 Å². The van der Waals surface area contributed by atoms with E-state index >= 15 is 0 Å². The molecule has 152 valence electrons. The second-order valence-corrected chi connectivity index (χ2v) is 7.50. The summed E-state index contributed by atoms with van der Waals surface area (Å²) >= 11 is 6.12. The van der Waals surface area contributed by atoms with Crippen LogP contribution in [0, 0.1) is 0 Å². The van der Waals surface area contributed by atoms with E-state index in [1.807, 2.05) is 24.3 Å². The monoisotopic (exact) mass is 420 g/mol. The molecule has 0 atom stereocenters. The van der Waals surface area contributed by atoms with E-state index in [0.29, 0.717) is 35.1 Å². The summed E-state index contributed by atoms with van der Waals surface area (Å²) in [6.07, 6.45) is 0.769. The number of anilines is 1. The molecule has 1 aliphatic heterocycles. The van der Waals surface area contributed by atoms with Gasteiger partial charge in [-0.1, -0.05) is 54.1 Å². The van der Waals surface area contributed by atoms with Crippen LogP contribution in [0.25, 0.3) is 0 Å². The molecule has 0 unspecified atom stereocenters. The van der Waals surface area contributed by atoms with Gasteiger partial charge < -0.3 is 15.0 Å². The smallest absolute Gasteiger partial charge is 0.260 e. The fourth-order valence-electron chi connectivity index (χ4n) is 3.40. The summed E-state index contributed by atoms with van der Waals surface area (Å²) in [5.41, 5.74) is 3.06. The van der Waals surface area contributed by atoms with E-state index in [2.05, 4.69) is 17.4 Å². The number of nitrogens with one attached hydrogen (secondary N) is 1. The lowest BCUT2D eigenvalue weighted by molar-refractivity contribution is -0.133. The molecule has 0 fully saturated rings. The van der Waals surface area contributed by atoms with E-state index in [4.69, 9.17) is 16.3 Å². The van der Waals surface area contributed by atoms with Gasteiger partial charge in [-0.25, -0.2) is 0 Å². The number of carbonyl (C=O) groups excluding carboxylic acids is 2. The Morgan fingerprint density at radius 1 is 1.03 bits per heavy atom. The lowest BCUT2D eigenvalue weighted by atomic mass is 10.1. The quantitative estimate of drug-likeness (QED) is 0.658. The number of carbonyl (C=O) groups is 2. The molecule has 30 heavy (non-hydrogen) atoms. The third-order valence-corrected chi connectivity index (χ3v) is 5.34. The van der Waals surface area contributed by atoms with Gasteiger partial charge in [0.15, 0.2) is 6.61 Å². The van der Waals surface area contributed by atoms with E-state index in [-0.39, 0.29) is 18.4 Å². The summed E-state index contributed by atoms with van der Waals surface area (Å²) in [6.45, 7) is 1.03. The van der Waals surface area contributed by atoms with Gasteiger partial charge in [0.1, 0.15) is 5.75 Å². The summed E-state index contributed by atoms with van der Waals surface area (Å²) in [4.78, 5) is 26.9. The van der Waals surface area contributed by atoms with Crippen molar-refractivity contribution >= 4 is 29.1 Å². The molecular formula is C24H21ClN2O3. The van der Waals surface area contributed by atoms with Crippen LogP contribution < -0.4 is 10.1 Å². The lowest BCUT2D eigenvalue weighted by Gasteiger charge is -2.20. The van der Waals surface area contributed by atoms with Crippen molar-refractivity contribution in [2.75, 3.05) is 18.5 Å². The minimum atomic E-state index is -0.285. The Balaban J connectivity index is 1.49. The SMILES string of the molecule is O=C(Nc1ccc2c(c1)CN(CCc1ccccc1)C(=O)CO2)c1ccccc1Cl. The van der Waals surface area contributed by atoms with Crippen molar-refractivity contribution in [2.45, 2.75) is 13.0 Å². The predicted octanol–water partition coefficient (Wildman–Crippen LogP) is 4.56. The fourth-order valence-corrected chi connectivity index (χ4v) is 3.62. The van der Waals surface area contributed by atoms with Crippen molar-refractivity contribution in [3.8, 4) is 5.75 Å². The number of halogens is 1. The van der Waals surface area contributed by atoms with Gasteiger partial charge in [0.2, 0.25) is 0 Å². The summed E-state index contributed by atoms with van der Waals surface area (Å²) in [5, 5.41) is 3.27. The maximum atomic E-state index is 12.6. The lowest BCUT2D eigenvalue weighted by Crippen LogP contribution is -2.34. The minimum Gasteiger partial charge on any atom is -0.483 e. The minimum absolute atomic E-state index is 0.00706. The molecule has 1 aliphatic rings. The van der Waals surface area contributed by atoms with Crippen LogP contribution >= 0.6 is 11.6 Å². The molecule has 2 amide bonds. The first-order valence-corrected chi connectivity index (χ1v) is 10.1. The molecule has 0 saturated heterocycles. The average molecular weight is 421 g/mol. The van der Waals surface area contributed by atoms with Crippen molar-refractivity contribution in [2.24, 2.45) is 0 Å². The predicted molar refractivity (Wildman–Crippen MR) is 117 cm³/mol. The highest BCUT2D eigenvalue weighted by Gasteiger charge is 2.22. The number of ether oxygens (including phenoxy) is 1. The molecule has 0 aromatic heterocycles. The van der Waals surface area contributed by atoms with Crippen LogP contribution in [-0.2, 0) is 17.8 Å². The zero-order valence-corrected chi connectivity index (χ0v) is 17.1. The van der Waals surface area contributed by atoms with Crippen molar-refractivity contribution in [1.29, 1.82) is 0 Å². The number of hydrogen-bond donors (Lipinski definition) is 1. The normalized spacial score (nSPS) is 13.2. The molecule has 3 aromatic carbocycles. The number of hydrogen-bond acceptors (Lipinski definition) is 3. The van der Waals surface area contributed by atoms with E-state index < -0.39 is 0 Å². The number of fused-ring (bicyclic) bond motifs is 1. The molecule has 6 heteroatoms. The molecule has 4 rings (SSSR count). The maximum Gasteiger partial charge on any atom is 0.260 e. The first kappa shape index (κ1) is 20.0. The van der Waals surface area contributed by atoms with Gasteiger partial charge in [-0.15, -0.1) is 0 Å². The van der Waals surface area contributed by atoms with Gasteiger partial charge >= 0.3 is 0 Å². The molecule has 0 saturated carbocycles. The number of benzene rings is 3. The first-order chi connectivity index (χ1) is 14.6. The number of nitrogens with zero attached hydrogens (tertiary/aromatic N) is 1. The summed E-state index contributed by atoms with van der Waals surface area (Å²) in [5.74, 6) is 0.317. The Morgan fingerprint density at radius 2 is 1.80 bits per heavy atom. The highest BCUT2D eigenvalue weighted by Crippen LogP contribution is 2.27. The third-order valence-electron chi connectivity index (χ3n) is 5.02. The molecular weight excluding hydrogens is 400 g/mol. The van der Waals surface area contributed by atoms with E-state index in [1.165, 1.54) is 5.56 Å². The van der Waals surface area contributed by atoms with Crippen molar-refractivity contribution in [1.82, 2.24) is 4.90 Å². The van der Waals surface area contributed by atoms with Crippen molar-refractivity contribution in [3.63, 3.8) is 0 Å². The van der Waals surface area contributed by atoms with Crippen LogP contribution in [0.2, 0.25) is 5.02 Å². The maximum absolute atomic E-state index is 12.6. The third kappa shape index (κ3) is 4.63. The highest BCUT2D eigenvalue weighted by molar-refractivity contribution is 6.34. The standard InChI is InChI=1S/C24H21ClN2O3/c25-21-9-5-4-8-20(21)24(29)26-19-10-11-22-18(14-19)15-27(23(28)16-30-22)13-12-17-6-2-1-3-7-17/h1-11,14H,12-13,15-16H2,(H,26,29). The Morgan fingerprint density at radius 3 is 2.60 bits per heavy atom. The van der Waals surface area contributed by atoms with Crippen molar-refractivity contribution < 1.29 is 14.3 Å². The van der Waals surface area contributed by atoms with Crippen LogP contribution in [0.1, 0.15) is 21.5 Å². The van der Waals surface area contributed by atoms with Crippen molar-refractivity contribution in [3.05, 3.63) is 94.5 Å².